The molecule has 0 spiro atoms. The summed E-state index contributed by atoms with van der Waals surface area (Å²) in [4.78, 5) is 4.38. The van der Waals surface area contributed by atoms with Crippen molar-refractivity contribution in [3.05, 3.63) is 23.9 Å². The smallest absolute Gasteiger partial charge is 0.126 e. The molecule has 0 bridgehead atoms. The molecule has 14 heavy (non-hydrogen) atoms. The Labute approximate surface area is 90.7 Å². The third-order valence-corrected chi connectivity index (χ3v) is 2.98. The molecule has 1 aromatic rings. The first-order valence-electron chi connectivity index (χ1n) is 4.87. The van der Waals surface area contributed by atoms with Crippen molar-refractivity contribution in [1.82, 2.24) is 4.98 Å². The first kappa shape index (κ1) is 11.3. The zero-order chi connectivity index (χ0) is 10.6. The first-order chi connectivity index (χ1) is 6.59. The van der Waals surface area contributed by atoms with Crippen molar-refractivity contribution in [3.63, 3.8) is 0 Å². The van der Waals surface area contributed by atoms with Crippen molar-refractivity contribution in [3.8, 4) is 0 Å². The molecule has 1 aromatic heterocycles. The van der Waals surface area contributed by atoms with Gasteiger partial charge in [0.05, 0.1) is 0 Å². The molecule has 1 heterocycles. The quantitative estimate of drug-likeness (QED) is 0.776. The highest BCUT2D eigenvalue weighted by Gasteiger charge is 2.20. The Morgan fingerprint density at radius 2 is 2.21 bits per heavy atom. The molecule has 3 heteroatoms. The monoisotopic (exact) mass is 212 g/mol. The van der Waals surface area contributed by atoms with Crippen LogP contribution in [0.4, 0.5) is 5.82 Å². The molecule has 0 saturated heterocycles. The number of pyridine rings is 1. The molecule has 1 N–H and O–H groups in total. The lowest BCUT2D eigenvalue weighted by Crippen LogP contribution is -2.36. The SMILES string of the molecule is CCC(C)(CCl)Nc1cccc(C)n1. The van der Waals surface area contributed by atoms with Gasteiger partial charge in [-0.3, -0.25) is 0 Å². The minimum Gasteiger partial charge on any atom is -0.364 e. The van der Waals surface area contributed by atoms with E-state index in [1.165, 1.54) is 0 Å². The fourth-order valence-corrected chi connectivity index (χ4v) is 1.39. The number of rotatable bonds is 4. The van der Waals surface area contributed by atoms with Crippen LogP contribution < -0.4 is 5.32 Å². The van der Waals surface area contributed by atoms with Crippen molar-refractivity contribution >= 4 is 17.4 Å². The van der Waals surface area contributed by atoms with Gasteiger partial charge in [0.15, 0.2) is 0 Å². The number of aromatic nitrogens is 1. The Bertz CT molecular complexity index is 295. The van der Waals surface area contributed by atoms with Crippen LogP contribution in [-0.2, 0) is 0 Å². The van der Waals surface area contributed by atoms with Gasteiger partial charge in [0.25, 0.3) is 0 Å². The van der Waals surface area contributed by atoms with Crippen LogP contribution in [-0.4, -0.2) is 16.4 Å². The Hall–Kier alpha value is -0.760. The van der Waals surface area contributed by atoms with E-state index in [1.54, 1.807) is 0 Å². The topological polar surface area (TPSA) is 24.9 Å². The molecule has 1 atom stereocenters. The normalized spacial score (nSPS) is 14.9. The van der Waals surface area contributed by atoms with Gasteiger partial charge in [-0.25, -0.2) is 4.98 Å². The molecule has 0 aliphatic carbocycles. The number of hydrogen-bond donors (Lipinski definition) is 1. The molecular formula is C11H17ClN2. The zero-order valence-corrected chi connectivity index (χ0v) is 9.73. The largest absolute Gasteiger partial charge is 0.364 e. The fraction of sp³-hybridized carbons (Fsp3) is 0.545. The second-order valence-corrected chi connectivity index (χ2v) is 4.10. The summed E-state index contributed by atoms with van der Waals surface area (Å²) in [5.41, 5.74) is 0.950. The van der Waals surface area contributed by atoms with Gasteiger partial charge in [-0.15, -0.1) is 11.6 Å². The van der Waals surface area contributed by atoms with Crippen LogP contribution in [0.3, 0.4) is 0 Å². The second-order valence-electron chi connectivity index (χ2n) is 3.84. The fourth-order valence-electron chi connectivity index (χ4n) is 1.14. The molecule has 0 amide bonds. The lowest BCUT2D eigenvalue weighted by atomic mass is 10.0. The Kier molecular flexibility index (Phi) is 3.76. The lowest BCUT2D eigenvalue weighted by molar-refractivity contribution is 0.551. The minimum absolute atomic E-state index is 0.0671. The number of halogens is 1. The predicted molar refractivity (Wildman–Crippen MR) is 62.0 cm³/mol. The predicted octanol–water partition coefficient (Wildman–Crippen LogP) is 3.21. The number of hydrogen-bond acceptors (Lipinski definition) is 2. The summed E-state index contributed by atoms with van der Waals surface area (Å²) < 4.78 is 0. The molecule has 78 valence electrons. The molecular weight excluding hydrogens is 196 g/mol. The zero-order valence-electron chi connectivity index (χ0n) is 8.97. The number of alkyl halides is 1. The minimum atomic E-state index is -0.0671. The highest BCUT2D eigenvalue weighted by molar-refractivity contribution is 6.18. The third kappa shape index (κ3) is 2.88. The van der Waals surface area contributed by atoms with Gasteiger partial charge in [-0.05, 0) is 32.4 Å². The molecule has 0 fully saturated rings. The number of aryl methyl sites for hydroxylation is 1. The van der Waals surface area contributed by atoms with Gasteiger partial charge in [0.2, 0.25) is 0 Å². The summed E-state index contributed by atoms with van der Waals surface area (Å²) in [6.07, 6.45) is 0.978. The standard InChI is InChI=1S/C11H17ClN2/c1-4-11(3,8-12)14-10-7-5-6-9(2)13-10/h5-7H,4,8H2,1-3H3,(H,13,14). The van der Waals surface area contributed by atoms with Crippen LogP contribution in [0.25, 0.3) is 0 Å². The average molecular weight is 213 g/mol. The van der Waals surface area contributed by atoms with E-state index < -0.39 is 0 Å². The lowest BCUT2D eigenvalue weighted by Gasteiger charge is -2.27. The molecule has 0 saturated carbocycles. The van der Waals surface area contributed by atoms with E-state index in [0.29, 0.717) is 5.88 Å². The molecule has 0 radical (unpaired) electrons. The van der Waals surface area contributed by atoms with Crippen molar-refractivity contribution in [2.75, 3.05) is 11.2 Å². The van der Waals surface area contributed by atoms with E-state index in [4.69, 9.17) is 11.6 Å². The van der Waals surface area contributed by atoms with Gasteiger partial charge in [-0.1, -0.05) is 13.0 Å². The van der Waals surface area contributed by atoms with Gasteiger partial charge in [-0.2, -0.15) is 0 Å². The third-order valence-electron chi connectivity index (χ3n) is 2.39. The highest BCUT2D eigenvalue weighted by Crippen LogP contribution is 2.18. The number of anilines is 1. The molecule has 0 aromatic carbocycles. The maximum atomic E-state index is 5.91. The van der Waals surface area contributed by atoms with Crippen molar-refractivity contribution < 1.29 is 0 Å². The maximum Gasteiger partial charge on any atom is 0.126 e. The molecule has 1 rings (SSSR count). The summed E-state index contributed by atoms with van der Waals surface area (Å²) in [5, 5.41) is 3.35. The maximum absolute atomic E-state index is 5.91. The van der Waals surface area contributed by atoms with Gasteiger partial charge >= 0.3 is 0 Å². The van der Waals surface area contributed by atoms with Crippen LogP contribution in [0, 0.1) is 6.92 Å². The summed E-state index contributed by atoms with van der Waals surface area (Å²) in [6, 6.07) is 5.94. The van der Waals surface area contributed by atoms with E-state index in [-0.39, 0.29) is 5.54 Å². The van der Waals surface area contributed by atoms with E-state index in [2.05, 4.69) is 24.1 Å². The van der Waals surface area contributed by atoms with E-state index in [0.717, 1.165) is 17.9 Å². The van der Waals surface area contributed by atoms with E-state index >= 15 is 0 Å². The summed E-state index contributed by atoms with van der Waals surface area (Å²) in [7, 11) is 0. The second kappa shape index (κ2) is 4.65. The van der Waals surface area contributed by atoms with E-state index in [9.17, 15) is 0 Å². The van der Waals surface area contributed by atoms with E-state index in [1.807, 2.05) is 25.1 Å². The van der Waals surface area contributed by atoms with Crippen LogP contribution in [0.5, 0.6) is 0 Å². The Balaban J connectivity index is 2.77. The summed E-state index contributed by atoms with van der Waals surface area (Å²) >= 11 is 5.91. The molecule has 2 nitrogen and oxygen atoms in total. The van der Waals surface area contributed by atoms with Crippen LogP contribution in [0.1, 0.15) is 26.0 Å². The summed E-state index contributed by atoms with van der Waals surface area (Å²) in [5.74, 6) is 1.48. The van der Waals surface area contributed by atoms with Crippen LogP contribution >= 0.6 is 11.6 Å². The number of nitrogens with zero attached hydrogens (tertiary/aromatic N) is 1. The molecule has 1 unspecified atom stereocenters. The van der Waals surface area contributed by atoms with Gasteiger partial charge < -0.3 is 5.32 Å². The van der Waals surface area contributed by atoms with Gasteiger partial charge in [0, 0.05) is 17.1 Å². The van der Waals surface area contributed by atoms with Crippen molar-refractivity contribution in [2.24, 2.45) is 0 Å². The summed E-state index contributed by atoms with van der Waals surface area (Å²) in [6.45, 7) is 6.20. The van der Waals surface area contributed by atoms with Crippen LogP contribution in [0.2, 0.25) is 0 Å². The van der Waals surface area contributed by atoms with Crippen molar-refractivity contribution in [2.45, 2.75) is 32.7 Å². The average Bonchev–Trinajstić information content (AvgIpc) is 2.18. The van der Waals surface area contributed by atoms with Crippen LogP contribution in [0.15, 0.2) is 18.2 Å². The Morgan fingerprint density at radius 3 is 2.71 bits per heavy atom. The number of nitrogens with one attached hydrogen (secondary N) is 1. The first-order valence-corrected chi connectivity index (χ1v) is 5.41. The van der Waals surface area contributed by atoms with Crippen molar-refractivity contribution in [1.29, 1.82) is 0 Å². The molecule has 0 aliphatic heterocycles. The highest BCUT2D eigenvalue weighted by atomic mass is 35.5. The Morgan fingerprint density at radius 1 is 1.50 bits per heavy atom. The van der Waals surface area contributed by atoms with Gasteiger partial charge in [0.1, 0.15) is 5.82 Å². The molecule has 0 aliphatic rings.